The summed E-state index contributed by atoms with van der Waals surface area (Å²) in [6.45, 7) is 8.13. The van der Waals surface area contributed by atoms with E-state index in [-0.39, 0.29) is 12.1 Å². The molecule has 1 saturated heterocycles. The molecule has 132 valence electrons. The average molecular weight is 315 g/mol. The van der Waals surface area contributed by atoms with Gasteiger partial charge in [-0.3, -0.25) is 9.69 Å². The van der Waals surface area contributed by atoms with Crippen molar-refractivity contribution in [3.8, 4) is 0 Å². The molecule has 0 aromatic rings. The number of rotatable bonds is 8. The third-order valence-corrected chi connectivity index (χ3v) is 4.15. The van der Waals surface area contributed by atoms with Gasteiger partial charge in [0.2, 0.25) is 0 Å². The minimum Gasteiger partial charge on any atom is -0.469 e. The van der Waals surface area contributed by atoms with Crippen molar-refractivity contribution in [1.29, 1.82) is 0 Å². The fourth-order valence-corrected chi connectivity index (χ4v) is 2.38. The second-order valence-electron chi connectivity index (χ2n) is 6.29. The van der Waals surface area contributed by atoms with E-state index >= 15 is 0 Å². The van der Waals surface area contributed by atoms with Crippen molar-refractivity contribution in [2.75, 3.05) is 27.3 Å². The number of carbonyl (C=O) groups excluding carboxylic acids is 1. The van der Waals surface area contributed by atoms with Crippen molar-refractivity contribution in [3.63, 3.8) is 0 Å². The lowest BCUT2D eigenvalue weighted by Crippen LogP contribution is -2.46. The normalized spacial score (nSPS) is 21.9. The van der Waals surface area contributed by atoms with Crippen molar-refractivity contribution in [1.82, 2.24) is 4.90 Å². The largest absolute Gasteiger partial charge is 0.469 e. The molecule has 2 unspecified atom stereocenters. The summed E-state index contributed by atoms with van der Waals surface area (Å²) in [7, 11) is 3.44. The molecule has 1 aliphatic rings. The average Bonchev–Trinajstić information content (AvgIpc) is 2.51. The Kier molecular flexibility index (Phi) is 13.6. The number of carbonyl (C=O) groups is 1. The molecular weight excluding hydrogens is 278 g/mol. The zero-order valence-electron chi connectivity index (χ0n) is 15.4. The maximum absolute atomic E-state index is 10.9. The molecule has 0 radical (unpaired) electrons. The van der Waals surface area contributed by atoms with Crippen LogP contribution in [0.4, 0.5) is 0 Å². The van der Waals surface area contributed by atoms with Crippen LogP contribution in [-0.2, 0) is 14.3 Å². The molecule has 1 fully saturated rings. The first-order valence-electron chi connectivity index (χ1n) is 8.93. The van der Waals surface area contributed by atoms with E-state index < -0.39 is 0 Å². The number of hydrogen-bond donors (Lipinski definition) is 0. The first-order valence-corrected chi connectivity index (χ1v) is 8.93. The summed E-state index contributed by atoms with van der Waals surface area (Å²) in [6.07, 6.45) is 10.3. The number of hydrogen-bond acceptors (Lipinski definition) is 4. The Balaban J connectivity index is 0.000000433. The molecule has 0 aromatic heterocycles. The van der Waals surface area contributed by atoms with Crippen LogP contribution in [0.2, 0.25) is 0 Å². The topological polar surface area (TPSA) is 38.8 Å². The molecule has 2 atom stereocenters. The van der Waals surface area contributed by atoms with Gasteiger partial charge in [0.1, 0.15) is 0 Å². The fraction of sp³-hybridized carbons (Fsp3) is 0.944. The molecule has 0 saturated carbocycles. The van der Waals surface area contributed by atoms with Crippen LogP contribution in [0.15, 0.2) is 0 Å². The van der Waals surface area contributed by atoms with E-state index in [1.165, 1.54) is 52.1 Å². The van der Waals surface area contributed by atoms with Crippen LogP contribution in [0, 0.1) is 0 Å². The van der Waals surface area contributed by atoms with Gasteiger partial charge in [-0.1, -0.05) is 58.8 Å². The highest BCUT2D eigenvalue weighted by Gasteiger charge is 2.25. The minimum atomic E-state index is -0.201. The Hall–Kier alpha value is -0.610. The van der Waals surface area contributed by atoms with Gasteiger partial charge in [-0.15, -0.1) is 0 Å². The van der Waals surface area contributed by atoms with E-state index in [1.54, 1.807) is 0 Å². The number of likely N-dealkylation sites (N-methyl/N-ethyl adjacent to an activating group) is 1. The third-order valence-electron chi connectivity index (χ3n) is 4.15. The molecule has 22 heavy (non-hydrogen) atoms. The van der Waals surface area contributed by atoms with Gasteiger partial charge < -0.3 is 9.47 Å². The quantitative estimate of drug-likeness (QED) is 0.501. The first-order chi connectivity index (χ1) is 10.5. The highest BCUT2D eigenvalue weighted by molar-refractivity contribution is 5.69. The Morgan fingerprint density at radius 3 is 2.14 bits per heavy atom. The highest BCUT2D eigenvalue weighted by Crippen LogP contribution is 2.12. The van der Waals surface area contributed by atoms with Crippen LogP contribution in [0.1, 0.15) is 72.1 Å². The van der Waals surface area contributed by atoms with Gasteiger partial charge in [0, 0.05) is 12.6 Å². The maximum atomic E-state index is 10.9. The number of esters is 1. The summed E-state index contributed by atoms with van der Waals surface area (Å²) in [5.41, 5.74) is 0. The van der Waals surface area contributed by atoms with Gasteiger partial charge >= 0.3 is 5.97 Å². The van der Waals surface area contributed by atoms with Crippen molar-refractivity contribution < 1.29 is 14.3 Å². The Bertz CT molecular complexity index is 265. The molecule has 0 bridgehead atoms. The predicted octanol–water partition coefficient (Wildman–Crippen LogP) is 4.03. The van der Waals surface area contributed by atoms with Gasteiger partial charge in [-0.25, -0.2) is 0 Å². The van der Waals surface area contributed by atoms with Crippen molar-refractivity contribution >= 4 is 5.97 Å². The first kappa shape index (κ1) is 21.4. The monoisotopic (exact) mass is 315 g/mol. The summed E-state index contributed by atoms with van der Waals surface area (Å²) in [5, 5.41) is 0. The number of ether oxygens (including phenoxy) is 2. The summed E-state index contributed by atoms with van der Waals surface area (Å²) < 4.78 is 10.1. The molecule has 0 N–H and O–H groups in total. The van der Waals surface area contributed by atoms with Crippen LogP contribution in [-0.4, -0.2) is 50.3 Å². The fourth-order valence-electron chi connectivity index (χ4n) is 2.38. The summed E-state index contributed by atoms with van der Waals surface area (Å²) in [4.78, 5) is 13.1. The predicted molar refractivity (Wildman–Crippen MR) is 92.1 cm³/mol. The summed E-state index contributed by atoms with van der Waals surface area (Å²) in [6, 6.07) is 0.439. The SMILES string of the molecule is CCCCCCCCC.COC(=O)CC1CN(C)C(C)CO1. The molecule has 0 spiro atoms. The molecule has 0 aromatic carbocycles. The Morgan fingerprint density at radius 1 is 1.14 bits per heavy atom. The Morgan fingerprint density at radius 2 is 1.68 bits per heavy atom. The standard InChI is InChI=1S/C9H17NO3.C9H20/c1-7-6-13-8(5-10(7)2)4-9(11)12-3;1-3-5-7-9-8-6-4-2/h7-8H,4-6H2,1-3H3;3-9H2,1-2H3. The van der Waals surface area contributed by atoms with Crippen LogP contribution in [0.3, 0.4) is 0 Å². The second kappa shape index (κ2) is 14.0. The van der Waals surface area contributed by atoms with Crippen molar-refractivity contribution in [2.24, 2.45) is 0 Å². The highest BCUT2D eigenvalue weighted by atomic mass is 16.5. The number of nitrogens with zero attached hydrogens (tertiary/aromatic N) is 1. The van der Waals surface area contributed by atoms with Gasteiger partial charge in [-0.2, -0.15) is 0 Å². The number of morpholine rings is 1. The third kappa shape index (κ3) is 11.0. The van der Waals surface area contributed by atoms with Crippen molar-refractivity contribution in [3.05, 3.63) is 0 Å². The van der Waals surface area contributed by atoms with Crippen LogP contribution < -0.4 is 0 Å². The molecule has 1 rings (SSSR count). The Labute approximate surface area is 137 Å². The number of methoxy groups -OCH3 is 1. The molecule has 0 amide bonds. The number of unbranched alkanes of at least 4 members (excludes halogenated alkanes) is 6. The van der Waals surface area contributed by atoms with Gasteiger partial charge in [0.25, 0.3) is 0 Å². The van der Waals surface area contributed by atoms with Gasteiger partial charge in [0.15, 0.2) is 0 Å². The van der Waals surface area contributed by atoms with Crippen LogP contribution >= 0.6 is 0 Å². The second-order valence-corrected chi connectivity index (χ2v) is 6.29. The zero-order valence-corrected chi connectivity index (χ0v) is 15.4. The van der Waals surface area contributed by atoms with E-state index in [4.69, 9.17) is 4.74 Å². The van der Waals surface area contributed by atoms with Gasteiger partial charge in [-0.05, 0) is 14.0 Å². The van der Waals surface area contributed by atoms with Gasteiger partial charge in [0.05, 0.1) is 26.2 Å². The molecule has 4 nitrogen and oxygen atoms in total. The van der Waals surface area contributed by atoms with E-state index in [0.29, 0.717) is 19.1 Å². The molecule has 4 heteroatoms. The van der Waals surface area contributed by atoms with E-state index in [9.17, 15) is 4.79 Å². The zero-order chi connectivity index (χ0) is 16.8. The lowest BCUT2D eigenvalue weighted by Gasteiger charge is -2.34. The molecule has 1 aliphatic heterocycles. The lowest BCUT2D eigenvalue weighted by molar-refractivity contribution is -0.146. The maximum Gasteiger partial charge on any atom is 0.308 e. The van der Waals surface area contributed by atoms with Crippen LogP contribution in [0.5, 0.6) is 0 Å². The smallest absolute Gasteiger partial charge is 0.308 e. The molecular formula is C18H37NO3. The molecule has 1 heterocycles. The molecule has 0 aliphatic carbocycles. The minimum absolute atomic E-state index is 0.00588. The van der Waals surface area contributed by atoms with Crippen molar-refractivity contribution in [2.45, 2.75) is 84.3 Å². The van der Waals surface area contributed by atoms with E-state index in [2.05, 4.69) is 30.4 Å². The lowest BCUT2D eigenvalue weighted by atomic mass is 10.1. The summed E-state index contributed by atoms with van der Waals surface area (Å²) in [5.74, 6) is -0.201. The van der Waals surface area contributed by atoms with E-state index in [0.717, 1.165) is 6.54 Å². The van der Waals surface area contributed by atoms with E-state index in [1.807, 2.05) is 7.05 Å². The van der Waals surface area contributed by atoms with Crippen LogP contribution in [0.25, 0.3) is 0 Å². The summed E-state index contributed by atoms with van der Waals surface area (Å²) >= 11 is 0.